The molecular weight excluding hydrogens is 264 g/mol. The fraction of sp³-hybridized carbons (Fsp3) is 0.562. The lowest BCUT2D eigenvalue weighted by Crippen LogP contribution is -2.33. The van der Waals surface area contributed by atoms with Crippen LogP contribution in [0.2, 0.25) is 0 Å². The molecule has 0 heterocycles. The molecule has 0 bridgehead atoms. The first-order valence-corrected chi connectivity index (χ1v) is 7.61. The second-order valence-corrected chi connectivity index (χ2v) is 4.85. The van der Waals surface area contributed by atoms with Crippen LogP contribution in [0, 0.1) is 0 Å². The fourth-order valence-electron chi connectivity index (χ4n) is 1.91. The summed E-state index contributed by atoms with van der Waals surface area (Å²) in [6.07, 6.45) is 1.92. The van der Waals surface area contributed by atoms with Crippen LogP contribution in [0.15, 0.2) is 35.3 Å². The van der Waals surface area contributed by atoms with Gasteiger partial charge in [-0.1, -0.05) is 18.2 Å². The smallest absolute Gasteiger partial charge is 0.188 e. The molecule has 0 aliphatic heterocycles. The van der Waals surface area contributed by atoms with Crippen molar-refractivity contribution in [2.24, 2.45) is 10.7 Å². The van der Waals surface area contributed by atoms with Crippen LogP contribution in [-0.4, -0.2) is 45.9 Å². The third kappa shape index (κ3) is 8.19. The normalized spacial score (nSPS) is 11.4. The number of nitrogens with zero attached hydrogens (tertiary/aromatic N) is 2. The maximum Gasteiger partial charge on any atom is 0.188 e. The lowest BCUT2D eigenvalue weighted by Gasteiger charge is -2.18. The predicted octanol–water partition coefficient (Wildman–Crippen LogP) is 1.84. The van der Waals surface area contributed by atoms with Gasteiger partial charge in [-0.05, 0) is 31.9 Å². The Bertz CT molecular complexity index is 395. The zero-order chi connectivity index (χ0) is 15.3. The molecule has 0 aliphatic carbocycles. The van der Waals surface area contributed by atoms with Gasteiger partial charge in [-0.25, -0.2) is 0 Å². The highest BCUT2D eigenvalue weighted by atomic mass is 16.5. The number of hydrogen-bond acceptors (Lipinski definition) is 3. The summed E-state index contributed by atoms with van der Waals surface area (Å²) >= 11 is 0. The van der Waals surface area contributed by atoms with E-state index < -0.39 is 0 Å². The van der Waals surface area contributed by atoms with Gasteiger partial charge in [0.2, 0.25) is 0 Å². The molecule has 5 nitrogen and oxygen atoms in total. The minimum absolute atomic E-state index is 0.522. The number of anilines is 1. The maximum atomic E-state index is 5.80. The van der Waals surface area contributed by atoms with Gasteiger partial charge in [0.25, 0.3) is 0 Å². The van der Waals surface area contributed by atoms with Crippen LogP contribution in [0.5, 0.6) is 0 Å². The van der Waals surface area contributed by atoms with E-state index in [-0.39, 0.29) is 0 Å². The molecule has 1 rings (SSSR count). The molecule has 0 amide bonds. The standard InChI is InChI=1S/C16H28N4O/c1-3-21-14-8-12-19-16(17)18-11-7-13-20(2)15-9-5-4-6-10-15/h4-6,9-10H,3,7-8,11-14H2,1-2H3,(H3,17,18,19). The zero-order valence-electron chi connectivity index (χ0n) is 13.2. The molecule has 5 heteroatoms. The number of para-hydroxylation sites is 1. The van der Waals surface area contributed by atoms with Crippen molar-refractivity contribution in [3.8, 4) is 0 Å². The number of aliphatic imine (C=N–C) groups is 1. The Morgan fingerprint density at radius 3 is 2.76 bits per heavy atom. The minimum Gasteiger partial charge on any atom is -0.382 e. The maximum absolute atomic E-state index is 5.80. The van der Waals surface area contributed by atoms with Crippen LogP contribution >= 0.6 is 0 Å². The van der Waals surface area contributed by atoms with Crippen molar-refractivity contribution in [3.05, 3.63) is 30.3 Å². The van der Waals surface area contributed by atoms with E-state index in [2.05, 4.69) is 34.4 Å². The molecule has 0 saturated heterocycles. The van der Waals surface area contributed by atoms with E-state index in [0.717, 1.165) is 45.7 Å². The van der Waals surface area contributed by atoms with Crippen LogP contribution in [0.4, 0.5) is 5.69 Å². The van der Waals surface area contributed by atoms with E-state index in [0.29, 0.717) is 5.96 Å². The molecule has 0 saturated carbocycles. The molecule has 0 aliphatic rings. The van der Waals surface area contributed by atoms with Crippen molar-refractivity contribution in [2.45, 2.75) is 19.8 Å². The van der Waals surface area contributed by atoms with Crippen LogP contribution in [-0.2, 0) is 4.74 Å². The van der Waals surface area contributed by atoms with Crippen molar-refractivity contribution in [2.75, 3.05) is 44.8 Å². The lowest BCUT2D eigenvalue weighted by molar-refractivity contribution is 0.145. The molecule has 0 fully saturated rings. The summed E-state index contributed by atoms with van der Waals surface area (Å²) in [6.45, 7) is 6.03. The molecule has 1 aromatic rings. The minimum atomic E-state index is 0.522. The zero-order valence-corrected chi connectivity index (χ0v) is 13.2. The monoisotopic (exact) mass is 292 g/mol. The number of benzene rings is 1. The third-order valence-corrected chi connectivity index (χ3v) is 3.11. The van der Waals surface area contributed by atoms with Crippen LogP contribution < -0.4 is 16.0 Å². The Morgan fingerprint density at radius 2 is 2.05 bits per heavy atom. The first-order chi connectivity index (χ1) is 10.2. The van der Waals surface area contributed by atoms with Gasteiger partial charge in [0.05, 0.1) is 0 Å². The van der Waals surface area contributed by atoms with Gasteiger partial charge in [-0.3, -0.25) is 4.99 Å². The molecule has 118 valence electrons. The van der Waals surface area contributed by atoms with Crippen LogP contribution in [0.1, 0.15) is 19.8 Å². The van der Waals surface area contributed by atoms with Crippen molar-refractivity contribution in [3.63, 3.8) is 0 Å². The Hall–Kier alpha value is -1.75. The van der Waals surface area contributed by atoms with Crippen LogP contribution in [0.25, 0.3) is 0 Å². The number of guanidine groups is 1. The second kappa shape index (κ2) is 11.0. The molecule has 21 heavy (non-hydrogen) atoms. The van der Waals surface area contributed by atoms with Gasteiger partial charge in [0.1, 0.15) is 0 Å². The molecule has 0 unspecified atom stereocenters. The van der Waals surface area contributed by atoms with Crippen molar-refractivity contribution >= 4 is 11.6 Å². The molecule has 0 aromatic heterocycles. The van der Waals surface area contributed by atoms with Gasteiger partial charge in [0, 0.05) is 45.6 Å². The predicted molar refractivity (Wildman–Crippen MR) is 89.9 cm³/mol. The summed E-state index contributed by atoms with van der Waals surface area (Å²) in [4.78, 5) is 6.55. The average Bonchev–Trinajstić information content (AvgIpc) is 2.52. The summed E-state index contributed by atoms with van der Waals surface area (Å²) in [5, 5.41) is 3.10. The summed E-state index contributed by atoms with van der Waals surface area (Å²) in [5.74, 6) is 0.522. The summed E-state index contributed by atoms with van der Waals surface area (Å²) < 4.78 is 5.26. The second-order valence-electron chi connectivity index (χ2n) is 4.85. The van der Waals surface area contributed by atoms with E-state index in [1.54, 1.807) is 0 Å². The van der Waals surface area contributed by atoms with E-state index >= 15 is 0 Å². The summed E-state index contributed by atoms with van der Waals surface area (Å²) in [7, 11) is 2.09. The largest absolute Gasteiger partial charge is 0.382 e. The van der Waals surface area contributed by atoms with Crippen molar-refractivity contribution in [1.29, 1.82) is 0 Å². The van der Waals surface area contributed by atoms with Gasteiger partial charge in [-0.15, -0.1) is 0 Å². The number of nitrogens with two attached hydrogens (primary N) is 1. The first kappa shape index (κ1) is 17.3. The molecule has 0 radical (unpaired) electrons. The van der Waals surface area contributed by atoms with Crippen molar-refractivity contribution in [1.82, 2.24) is 5.32 Å². The Kier molecular flexibility index (Phi) is 9.04. The van der Waals surface area contributed by atoms with E-state index in [1.165, 1.54) is 5.69 Å². The highest BCUT2D eigenvalue weighted by Crippen LogP contribution is 2.10. The summed E-state index contributed by atoms with van der Waals surface area (Å²) in [5.41, 5.74) is 7.03. The Labute approximate surface area is 128 Å². The molecule has 0 atom stereocenters. The van der Waals surface area contributed by atoms with Gasteiger partial charge < -0.3 is 20.7 Å². The third-order valence-electron chi connectivity index (χ3n) is 3.11. The molecule has 3 N–H and O–H groups in total. The molecule has 1 aromatic carbocycles. The number of hydrogen-bond donors (Lipinski definition) is 2. The van der Waals surface area contributed by atoms with Gasteiger partial charge in [-0.2, -0.15) is 0 Å². The molecular formula is C16H28N4O. The van der Waals surface area contributed by atoms with Gasteiger partial charge >= 0.3 is 0 Å². The van der Waals surface area contributed by atoms with E-state index in [4.69, 9.17) is 10.5 Å². The fourth-order valence-corrected chi connectivity index (χ4v) is 1.91. The summed E-state index contributed by atoms with van der Waals surface area (Å²) in [6, 6.07) is 10.3. The van der Waals surface area contributed by atoms with E-state index in [1.807, 2.05) is 25.1 Å². The SMILES string of the molecule is CCOCCCNC(N)=NCCCN(C)c1ccccc1. The van der Waals surface area contributed by atoms with Gasteiger partial charge in [0.15, 0.2) is 5.96 Å². The van der Waals surface area contributed by atoms with Crippen molar-refractivity contribution < 1.29 is 4.74 Å². The quantitative estimate of drug-likeness (QED) is 0.392. The highest BCUT2D eigenvalue weighted by Gasteiger charge is 1.98. The Balaban J connectivity index is 2.10. The number of nitrogens with one attached hydrogen (secondary N) is 1. The lowest BCUT2D eigenvalue weighted by atomic mass is 10.3. The van der Waals surface area contributed by atoms with Crippen LogP contribution in [0.3, 0.4) is 0 Å². The number of ether oxygens (including phenoxy) is 1. The average molecular weight is 292 g/mol. The number of rotatable bonds is 10. The highest BCUT2D eigenvalue weighted by molar-refractivity contribution is 5.77. The first-order valence-electron chi connectivity index (χ1n) is 7.61. The Morgan fingerprint density at radius 1 is 1.29 bits per heavy atom. The molecule has 0 spiro atoms. The van der Waals surface area contributed by atoms with E-state index in [9.17, 15) is 0 Å². The topological polar surface area (TPSA) is 62.9 Å².